The molecule has 1 aromatic carbocycles. The van der Waals surface area contributed by atoms with E-state index in [1.807, 2.05) is 12.1 Å². The van der Waals surface area contributed by atoms with Gasteiger partial charge in [-0.3, -0.25) is 4.99 Å². The quantitative estimate of drug-likeness (QED) is 0.405. The number of halogens is 1. The van der Waals surface area contributed by atoms with Crippen molar-refractivity contribution in [2.24, 2.45) is 10.9 Å². The minimum atomic E-state index is -3.12. The Kier molecular flexibility index (Phi) is 9.66. The maximum atomic E-state index is 11.4. The number of sulfone groups is 1. The van der Waals surface area contributed by atoms with Crippen LogP contribution in [-0.4, -0.2) is 40.8 Å². The third-order valence-electron chi connectivity index (χ3n) is 2.96. The Morgan fingerprint density at radius 1 is 1.18 bits per heavy atom. The van der Waals surface area contributed by atoms with E-state index in [0.717, 1.165) is 31.0 Å². The summed E-state index contributed by atoms with van der Waals surface area (Å²) >= 11 is 0. The minimum Gasteiger partial charge on any atom is -0.356 e. The number of hydrogen-bond acceptors (Lipinski definition) is 3. The van der Waals surface area contributed by atoms with E-state index in [0.29, 0.717) is 10.8 Å². The molecule has 0 saturated carbocycles. The topological polar surface area (TPSA) is 70.6 Å². The van der Waals surface area contributed by atoms with Gasteiger partial charge in [0.05, 0.1) is 4.90 Å². The second-order valence-corrected chi connectivity index (χ2v) is 7.46. The molecule has 0 saturated heterocycles. The van der Waals surface area contributed by atoms with Gasteiger partial charge in [-0.1, -0.05) is 26.0 Å². The Morgan fingerprint density at radius 2 is 1.77 bits per heavy atom. The Labute approximate surface area is 150 Å². The van der Waals surface area contributed by atoms with E-state index in [1.165, 1.54) is 6.26 Å². The summed E-state index contributed by atoms with van der Waals surface area (Å²) in [6.45, 7) is 5.91. The van der Waals surface area contributed by atoms with Gasteiger partial charge < -0.3 is 10.6 Å². The molecule has 22 heavy (non-hydrogen) atoms. The zero-order valence-corrected chi connectivity index (χ0v) is 16.7. The first-order valence-corrected chi connectivity index (χ1v) is 8.95. The van der Waals surface area contributed by atoms with E-state index < -0.39 is 9.84 Å². The van der Waals surface area contributed by atoms with E-state index in [1.54, 1.807) is 19.2 Å². The van der Waals surface area contributed by atoms with Gasteiger partial charge in [-0.25, -0.2) is 8.42 Å². The molecule has 0 aromatic heterocycles. The highest BCUT2D eigenvalue weighted by atomic mass is 127. The molecule has 0 bridgehead atoms. The molecule has 0 radical (unpaired) electrons. The van der Waals surface area contributed by atoms with Crippen LogP contribution in [0.3, 0.4) is 0 Å². The lowest BCUT2D eigenvalue weighted by atomic mass is 10.1. The lowest BCUT2D eigenvalue weighted by molar-refractivity contribution is 0.602. The van der Waals surface area contributed by atoms with Crippen molar-refractivity contribution in [3.8, 4) is 0 Å². The average Bonchev–Trinajstić information content (AvgIpc) is 2.42. The van der Waals surface area contributed by atoms with Gasteiger partial charge in [-0.05, 0) is 30.0 Å². The molecule has 0 atom stereocenters. The molecule has 5 nitrogen and oxygen atoms in total. The predicted molar refractivity (Wildman–Crippen MR) is 103 cm³/mol. The number of aliphatic imine (C=N–C) groups is 1. The van der Waals surface area contributed by atoms with Crippen molar-refractivity contribution in [1.82, 2.24) is 10.6 Å². The van der Waals surface area contributed by atoms with E-state index in [9.17, 15) is 8.42 Å². The van der Waals surface area contributed by atoms with Gasteiger partial charge in [-0.15, -0.1) is 24.0 Å². The Morgan fingerprint density at radius 3 is 2.23 bits per heavy atom. The molecule has 0 spiro atoms. The summed E-state index contributed by atoms with van der Waals surface area (Å²) in [6.07, 6.45) is 2.03. The normalized spacial score (nSPS) is 12.0. The largest absolute Gasteiger partial charge is 0.356 e. The van der Waals surface area contributed by atoms with Crippen molar-refractivity contribution < 1.29 is 8.42 Å². The van der Waals surface area contributed by atoms with E-state index in [2.05, 4.69) is 29.5 Å². The van der Waals surface area contributed by atoms with Gasteiger partial charge in [0.1, 0.15) is 0 Å². The lowest BCUT2D eigenvalue weighted by Gasteiger charge is -2.13. The number of hydrogen-bond donors (Lipinski definition) is 2. The van der Waals surface area contributed by atoms with Gasteiger partial charge in [0.15, 0.2) is 15.8 Å². The van der Waals surface area contributed by atoms with Crippen molar-refractivity contribution in [3.63, 3.8) is 0 Å². The first-order chi connectivity index (χ1) is 9.82. The summed E-state index contributed by atoms with van der Waals surface area (Å²) in [5, 5.41) is 6.48. The van der Waals surface area contributed by atoms with Gasteiger partial charge >= 0.3 is 0 Å². The zero-order valence-electron chi connectivity index (χ0n) is 13.6. The van der Waals surface area contributed by atoms with Crippen LogP contribution in [0.1, 0.15) is 19.4 Å². The molecular formula is C15H26IN3O2S. The molecule has 1 rings (SSSR count). The van der Waals surface area contributed by atoms with Crippen LogP contribution in [-0.2, 0) is 16.3 Å². The molecule has 1 aromatic rings. The fraction of sp³-hybridized carbons (Fsp3) is 0.533. The number of nitrogens with zero attached hydrogens (tertiary/aromatic N) is 1. The molecule has 0 unspecified atom stereocenters. The second-order valence-electron chi connectivity index (χ2n) is 5.44. The molecule has 0 heterocycles. The molecule has 0 aliphatic rings. The average molecular weight is 439 g/mol. The maximum absolute atomic E-state index is 11.4. The number of nitrogens with one attached hydrogen (secondary N) is 2. The number of benzene rings is 1. The summed E-state index contributed by atoms with van der Waals surface area (Å²) in [7, 11) is -1.37. The fourth-order valence-corrected chi connectivity index (χ4v) is 2.38. The SMILES string of the molecule is CN=C(NCCc1ccc(S(C)(=O)=O)cc1)NCC(C)C.I. The van der Waals surface area contributed by atoms with Crippen LogP contribution >= 0.6 is 24.0 Å². The summed E-state index contributed by atoms with van der Waals surface area (Å²) < 4.78 is 22.8. The van der Waals surface area contributed by atoms with Gasteiger partial charge in [0, 0.05) is 26.4 Å². The number of rotatable bonds is 6. The standard InChI is InChI=1S/C15H25N3O2S.HI/c1-12(2)11-18-15(16-3)17-10-9-13-5-7-14(8-6-13)21(4,19)20;/h5-8,12H,9-11H2,1-4H3,(H2,16,17,18);1H. The Hall–Kier alpha value is -0.830. The number of guanidine groups is 1. The zero-order chi connectivity index (χ0) is 15.9. The lowest BCUT2D eigenvalue weighted by Crippen LogP contribution is -2.39. The van der Waals surface area contributed by atoms with Crippen molar-refractivity contribution in [2.75, 3.05) is 26.4 Å². The van der Waals surface area contributed by atoms with Crippen molar-refractivity contribution in [3.05, 3.63) is 29.8 Å². The monoisotopic (exact) mass is 439 g/mol. The Bertz CT molecular complexity index is 569. The molecule has 0 aliphatic carbocycles. The highest BCUT2D eigenvalue weighted by Crippen LogP contribution is 2.10. The van der Waals surface area contributed by atoms with Crippen LogP contribution < -0.4 is 10.6 Å². The van der Waals surface area contributed by atoms with Gasteiger partial charge in [0.25, 0.3) is 0 Å². The van der Waals surface area contributed by atoms with Crippen molar-refractivity contribution in [1.29, 1.82) is 0 Å². The third-order valence-corrected chi connectivity index (χ3v) is 4.09. The van der Waals surface area contributed by atoms with Crippen LogP contribution in [0, 0.1) is 5.92 Å². The van der Waals surface area contributed by atoms with Crippen molar-refractivity contribution >= 4 is 39.8 Å². The maximum Gasteiger partial charge on any atom is 0.190 e. The van der Waals surface area contributed by atoms with Crippen LogP contribution in [0.25, 0.3) is 0 Å². The molecule has 2 N–H and O–H groups in total. The highest BCUT2D eigenvalue weighted by Gasteiger charge is 2.06. The van der Waals surface area contributed by atoms with E-state index >= 15 is 0 Å². The smallest absolute Gasteiger partial charge is 0.190 e. The Balaban J connectivity index is 0.00000441. The second kappa shape index (κ2) is 10.0. The van der Waals surface area contributed by atoms with E-state index in [4.69, 9.17) is 0 Å². The van der Waals surface area contributed by atoms with Gasteiger partial charge in [0.2, 0.25) is 0 Å². The highest BCUT2D eigenvalue weighted by molar-refractivity contribution is 14.0. The third kappa shape index (κ3) is 7.98. The summed E-state index contributed by atoms with van der Waals surface area (Å²) in [5.74, 6) is 1.35. The first-order valence-electron chi connectivity index (χ1n) is 7.06. The molecule has 7 heteroatoms. The van der Waals surface area contributed by atoms with Gasteiger partial charge in [-0.2, -0.15) is 0 Å². The molecule has 0 aliphatic heterocycles. The molecule has 0 fully saturated rings. The molecular weight excluding hydrogens is 413 g/mol. The van der Waals surface area contributed by atoms with Crippen LogP contribution in [0.5, 0.6) is 0 Å². The summed E-state index contributed by atoms with van der Waals surface area (Å²) in [5.41, 5.74) is 1.09. The molecule has 0 amide bonds. The van der Waals surface area contributed by atoms with E-state index in [-0.39, 0.29) is 24.0 Å². The van der Waals surface area contributed by atoms with Crippen molar-refractivity contribution in [2.45, 2.75) is 25.2 Å². The molecule has 126 valence electrons. The summed E-state index contributed by atoms with van der Waals surface area (Å²) in [4.78, 5) is 4.51. The first kappa shape index (κ1) is 21.2. The van der Waals surface area contributed by atoms with Crippen LogP contribution in [0.15, 0.2) is 34.2 Å². The van der Waals surface area contributed by atoms with Crippen LogP contribution in [0.2, 0.25) is 0 Å². The predicted octanol–water partition coefficient (Wildman–Crippen LogP) is 2.07. The minimum absolute atomic E-state index is 0. The van der Waals surface area contributed by atoms with Crippen LogP contribution in [0.4, 0.5) is 0 Å². The summed E-state index contributed by atoms with van der Waals surface area (Å²) in [6, 6.07) is 7.00. The fourth-order valence-electron chi connectivity index (χ4n) is 1.75.